The highest BCUT2D eigenvalue weighted by molar-refractivity contribution is 6.77. The molecule has 0 fully saturated rings. The van der Waals surface area contributed by atoms with E-state index in [9.17, 15) is 9.59 Å². The molecular weight excluding hydrogens is 414 g/mol. The van der Waals surface area contributed by atoms with E-state index in [0.29, 0.717) is 29.7 Å². The van der Waals surface area contributed by atoms with Crippen molar-refractivity contribution in [3.8, 4) is 0 Å². The van der Waals surface area contributed by atoms with Crippen LogP contribution in [0, 0.1) is 0 Å². The second kappa shape index (κ2) is 12.1. The van der Waals surface area contributed by atoms with Gasteiger partial charge in [-0.2, -0.15) is 0 Å². The highest BCUT2D eigenvalue weighted by atomic mass is 28.4. The number of hydrogen-bond acceptors (Lipinski definition) is 3. The standard InChI is InChI=1S/C27H39NO3Si/c1-20(2)32(21(3)4,22(5)6)31-19-26(24-13-8-7-9-14-24)28-27(30)18-25-15-11-10-12-23(25)16-17-29/h7-15,17,20-22,26H,16,18-19H2,1-6H3,(H,28,30)/t26-/m0/s1. The lowest BCUT2D eigenvalue weighted by molar-refractivity contribution is -0.121. The Bertz CT molecular complexity index is 842. The summed E-state index contributed by atoms with van der Waals surface area (Å²) < 4.78 is 6.82. The average molecular weight is 454 g/mol. The fourth-order valence-corrected chi connectivity index (χ4v) is 10.5. The summed E-state index contributed by atoms with van der Waals surface area (Å²) in [6, 6.07) is 17.5. The molecule has 0 aromatic heterocycles. The number of hydrogen-bond donors (Lipinski definition) is 1. The molecule has 0 bridgehead atoms. The molecule has 0 aliphatic rings. The molecule has 2 aromatic rings. The van der Waals surface area contributed by atoms with Crippen LogP contribution in [0.25, 0.3) is 0 Å². The van der Waals surface area contributed by atoms with E-state index in [1.54, 1.807) is 0 Å². The molecule has 32 heavy (non-hydrogen) atoms. The highest BCUT2D eigenvalue weighted by Gasteiger charge is 2.45. The predicted molar refractivity (Wildman–Crippen MR) is 134 cm³/mol. The summed E-state index contributed by atoms with van der Waals surface area (Å²) in [7, 11) is -2.06. The minimum atomic E-state index is -2.06. The molecule has 4 nitrogen and oxygen atoms in total. The number of carbonyl (C=O) groups excluding carboxylic acids is 2. The second-order valence-electron chi connectivity index (χ2n) is 9.48. The normalized spacial score (nSPS) is 12.9. The number of benzene rings is 2. The maximum absolute atomic E-state index is 13.0. The summed E-state index contributed by atoms with van der Waals surface area (Å²) in [5, 5.41) is 3.21. The summed E-state index contributed by atoms with van der Waals surface area (Å²) in [6.45, 7) is 14.1. The number of rotatable bonds is 12. The number of amides is 1. The van der Waals surface area contributed by atoms with E-state index in [2.05, 4.69) is 46.9 Å². The van der Waals surface area contributed by atoms with Gasteiger partial charge in [-0.05, 0) is 33.3 Å². The number of nitrogens with one attached hydrogen (secondary N) is 1. The number of aldehydes is 1. The monoisotopic (exact) mass is 453 g/mol. The molecule has 0 spiro atoms. The third-order valence-electron chi connectivity index (χ3n) is 6.52. The molecule has 0 heterocycles. The fraction of sp³-hybridized carbons (Fsp3) is 0.481. The Balaban J connectivity index is 2.23. The summed E-state index contributed by atoms with van der Waals surface area (Å²) in [4.78, 5) is 24.0. The lowest BCUT2D eigenvalue weighted by atomic mass is 10.0. The predicted octanol–water partition coefficient (Wildman–Crippen LogP) is 6.02. The Kier molecular flexibility index (Phi) is 9.85. The molecule has 1 amide bonds. The van der Waals surface area contributed by atoms with Crippen molar-refractivity contribution < 1.29 is 14.0 Å². The molecule has 5 heteroatoms. The van der Waals surface area contributed by atoms with Crippen LogP contribution in [-0.2, 0) is 26.9 Å². The zero-order valence-electron chi connectivity index (χ0n) is 20.4. The molecule has 1 N–H and O–H groups in total. The van der Waals surface area contributed by atoms with E-state index in [4.69, 9.17) is 4.43 Å². The third kappa shape index (κ3) is 6.39. The zero-order valence-corrected chi connectivity index (χ0v) is 21.4. The van der Waals surface area contributed by atoms with Gasteiger partial charge in [-0.1, -0.05) is 96.1 Å². The first kappa shape index (κ1) is 26.0. The SMILES string of the molecule is CC(C)[Si](OC[C@H](NC(=O)Cc1ccccc1CC=O)c1ccccc1)(C(C)C)C(C)C. The van der Waals surface area contributed by atoms with Crippen molar-refractivity contribution in [1.82, 2.24) is 5.32 Å². The van der Waals surface area contributed by atoms with Crippen molar-refractivity contribution in [3.05, 3.63) is 71.3 Å². The van der Waals surface area contributed by atoms with E-state index < -0.39 is 8.32 Å². The molecule has 0 aliphatic heterocycles. The van der Waals surface area contributed by atoms with Crippen LogP contribution < -0.4 is 5.32 Å². The summed E-state index contributed by atoms with van der Waals surface area (Å²) >= 11 is 0. The van der Waals surface area contributed by atoms with Gasteiger partial charge in [0.25, 0.3) is 0 Å². The van der Waals surface area contributed by atoms with Gasteiger partial charge in [-0.25, -0.2) is 0 Å². The molecule has 0 unspecified atom stereocenters. The fourth-order valence-electron chi connectivity index (χ4n) is 5.07. The molecule has 1 atom stereocenters. The highest BCUT2D eigenvalue weighted by Crippen LogP contribution is 2.42. The van der Waals surface area contributed by atoms with Crippen molar-refractivity contribution >= 4 is 20.5 Å². The minimum absolute atomic E-state index is 0.0632. The van der Waals surface area contributed by atoms with Gasteiger partial charge in [0.15, 0.2) is 8.32 Å². The quantitative estimate of drug-likeness (QED) is 0.316. The Morgan fingerprint density at radius 3 is 1.94 bits per heavy atom. The van der Waals surface area contributed by atoms with Crippen LogP contribution in [0.1, 0.15) is 64.3 Å². The van der Waals surface area contributed by atoms with Gasteiger partial charge in [-0.3, -0.25) is 4.79 Å². The van der Waals surface area contributed by atoms with Crippen molar-refractivity contribution in [3.63, 3.8) is 0 Å². The molecule has 0 aliphatic carbocycles. The Labute approximate surface area is 194 Å². The molecule has 2 rings (SSSR count). The van der Waals surface area contributed by atoms with Crippen molar-refractivity contribution in [2.75, 3.05) is 6.61 Å². The zero-order chi connectivity index (χ0) is 23.7. The molecule has 0 saturated carbocycles. The Hall–Kier alpha value is -2.24. The van der Waals surface area contributed by atoms with Gasteiger partial charge >= 0.3 is 0 Å². The molecular formula is C27H39NO3Si. The lowest BCUT2D eigenvalue weighted by Crippen LogP contribution is -2.49. The van der Waals surface area contributed by atoms with Gasteiger partial charge in [0.1, 0.15) is 6.29 Å². The van der Waals surface area contributed by atoms with Crippen molar-refractivity contribution in [2.45, 2.75) is 77.0 Å². The van der Waals surface area contributed by atoms with Crippen LogP contribution in [0.4, 0.5) is 0 Å². The van der Waals surface area contributed by atoms with Crippen LogP contribution >= 0.6 is 0 Å². The van der Waals surface area contributed by atoms with Gasteiger partial charge in [-0.15, -0.1) is 0 Å². The van der Waals surface area contributed by atoms with E-state index >= 15 is 0 Å². The van der Waals surface area contributed by atoms with Crippen molar-refractivity contribution in [2.24, 2.45) is 0 Å². The molecule has 174 valence electrons. The van der Waals surface area contributed by atoms with E-state index in [0.717, 1.165) is 23.0 Å². The van der Waals surface area contributed by atoms with E-state index in [-0.39, 0.29) is 18.4 Å². The first-order valence-corrected chi connectivity index (χ1v) is 13.8. The van der Waals surface area contributed by atoms with Crippen LogP contribution in [0.15, 0.2) is 54.6 Å². The average Bonchev–Trinajstić information content (AvgIpc) is 2.74. The summed E-state index contributed by atoms with van der Waals surface area (Å²) in [5.41, 5.74) is 4.26. The van der Waals surface area contributed by atoms with Gasteiger partial charge < -0.3 is 14.5 Å². The molecule has 2 aromatic carbocycles. The van der Waals surface area contributed by atoms with Crippen LogP contribution in [0.3, 0.4) is 0 Å². The van der Waals surface area contributed by atoms with Gasteiger partial charge in [0, 0.05) is 6.42 Å². The van der Waals surface area contributed by atoms with Gasteiger partial charge in [0.05, 0.1) is 19.1 Å². The summed E-state index contributed by atoms with van der Waals surface area (Å²) in [6.07, 6.45) is 1.44. The largest absolute Gasteiger partial charge is 0.414 e. The van der Waals surface area contributed by atoms with E-state index in [1.165, 1.54) is 0 Å². The first-order valence-electron chi connectivity index (χ1n) is 11.7. The number of carbonyl (C=O) groups is 2. The van der Waals surface area contributed by atoms with Crippen LogP contribution in [-0.4, -0.2) is 27.1 Å². The summed E-state index contributed by atoms with van der Waals surface area (Å²) in [5.74, 6) is -0.0632. The van der Waals surface area contributed by atoms with Crippen LogP contribution in [0.2, 0.25) is 16.6 Å². The Morgan fingerprint density at radius 1 is 0.875 bits per heavy atom. The second-order valence-corrected chi connectivity index (χ2v) is 14.9. The van der Waals surface area contributed by atoms with E-state index in [1.807, 2.05) is 54.6 Å². The maximum atomic E-state index is 13.0. The topological polar surface area (TPSA) is 55.4 Å². The minimum Gasteiger partial charge on any atom is -0.414 e. The van der Waals surface area contributed by atoms with Gasteiger partial charge in [0.2, 0.25) is 5.91 Å². The molecule has 0 saturated heterocycles. The first-order chi connectivity index (χ1) is 15.2. The molecule has 0 radical (unpaired) electrons. The smallest absolute Gasteiger partial charge is 0.224 e. The van der Waals surface area contributed by atoms with Crippen LogP contribution in [0.5, 0.6) is 0 Å². The van der Waals surface area contributed by atoms with Crippen molar-refractivity contribution in [1.29, 1.82) is 0 Å². The maximum Gasteiger partial charge on any atom is 0.224 e. The third-order valence-corrected chi connectivity index (χ3v) is 12.6. The lowest BCUT2D eigenvalue weighted by Gasteiger charge is -2.43. The Morgan fingerprint density at radius 2 is 1.41 bits per heavy atom.